The first-order valence-electron chi connectivity index (χ1n) is 9.59. The fourth-order valence-electron chi connectivity index (χ4n) is 3.09. The third-order valence-electron chi connectivity index (χ3n) is 4.65. The Hall–Kier alpha value is -1.93. The molecule has 0 heterocycles. The molecule has 0 aliphatic heterocycles. The number of unbranched alkanes of at least 4 members (excludes halogenated alkanes) is 1. The molecular weight excluding hydrogens is 366 g/mol. The number of carbonyl (C=O) groups is 2. The van der Waals surface area contributed by atoms with Crippen LogP contribution in [0.25, 0.3) is 0 Å². The number of anilines is 1. The van der Waals surface area contributed by atoms with Crippen molar-refractivity contribution in [2.45, 2.75) is 56.8 Å². The summed E-state index contributed by atoms with van der Waals surface area (Å²) in [7, 11) is -3.60. The number of benzene rings is 1. The van der Waals surface area contributed by atoms with Gasteiger partial charge in [0.2, 0.25) is 21.8 Å². The molecule has 2 amide bonds. The van der Waals surface area contributed by atoms with E-state index in [9.17, 15) is 18.0 Å². The largest absolute Gasteiger partial charge is 0.347 e. The van der Waals surface area contributed by atoms with Gasteiger partial charge < -0.3 is 10.6 Å². The molecule has 0 atom stereocenters. The highest BCUT2D eigenvalue weighted by Gasteiger charge is 2.21. The number of hydrogen-bond donors (Lipinski definition) is 3. The average Bonchev–Trinajstić information content (AvgIpc) is 2.67. The van der Waals surface area contributed by atoms with E-state index in [1.165, 1.54) is 12.1 Å². The van der Waals surface area contributed by atoms with Gasteiger partial charge in [-0.15, -0.1) is 0 Å². The third-order valence-corrected chi connectivity index (χ3v) is 6.11. The van der Waals surface area contributed by atoms with Crippen LogP contribution in [0, 0.1) is 5.92 Å². The zero-order valence-electron chi connectivity index (χ0n) is 15.8. The van der Waals surface area contributed by atoms with Crippen LogP contribution in [-0.4, -0.2) is 33.3 Å². The van der Waals surface area contributed by atoms with Gasteiger partial charge in [-0.25, -0.2) is 13.1 Å². The van der Waals surface area contributed by atoms with Crippen LogP contribution in [0.15, 0.2) is 29.2 Å². The SMILES string of the molecule is CCCCNS(=O)(=O)c1cccc(NC(=O)CNC(=O)C2CCCCC2)c1. The molecular formula is C19H29N3O4S. The van der Waals surface area contributed by atoms with Crippen LogP contribution in [0.4, 0.5) is 5.69 Å². The average molecular weight is 396 g/mol. The topological polar surface area (TPSA) is 104 Å². The molecule has 27 heavy (non-hydrogen) atoms. The van der Waals surface area contributed by atoms with Gasteiger partial charge in [0.15, 0.2) is 0 Å². The van der Waals surface area contributed by atoms with Crippen molar-refractivity contribution in [1.82, 2.24) is 10.0 Å². The van der Waals surface area contributed by atoms with Crippen molar-refractivity contribution < 1.29 is 18.0 Å². The molecule has 1 aromatic carbocycles. The zero-order chi connectivity index (χ0) is 19.7. The summed E-state index contributed by atoms with van der Waals surface area (Å²) in [5, 5.41) is 5.30. The molecule has 0 radical (unpaired) electrons. The summed E-state index contributed by atoms with van der Waals surface area (Å²) >= 11 is 0. The molecule has 8 heteroatoms. The Morgan fingerprint density at radius 2 is 1.89 bits per heavy atom. The fourth-order valence-corrected chi connectivity index (χ4v) is 4.21. The van der Waals surface area contributed by atoms with Crippen molar-refractivity contribution in [2.75, 3.05) is 18.4 Å². The molecule has 0 unspecified atom stereocenters. The van der Waals surface area contributed by atoms with Crippen LogP contribution in [0.5, 0.6) is 0 Å². The summed E-state index contributed by atoms with van der Waals surface area (Å²) in [6, 6.07) is 6.08. The molecule has 1 fully saturated rings. The number of hydrogen-bond acceptors (Lipinski definition) is 4. The van der Waals surface area contributed by atoms with Crippen molar-refractivity contribution >= 4 is 27.5 Å². The number of carbonyl (C=O) groups excluding carboxylic acids is 2. The van der Waals surface area contributed by atoms with Gasteiger partial charge in [0, 0.05) is 18.2 Å². The minimum atomic E-state index is -3.60. The monoisotopic (exact) mass is 395 g/mol. The normalized spacial score (nSPS) is 15.3. The van der Waals surface area contributed by atoms with Crippen LogP contribution in [0.1, 0.15) is 51.9 Å². The number of nitrogens with one attached hydrogen (secondary N) is 3. The molecule has 3 N–H and O–H groups in total. The molecule has 150 valence electrons. The standard InChI is InChI=1S/C19H29N3O4S/c1-2-3-12-21-27(25,26)17-11-7-10-16(13-17)22-18(23)14-20-19(24)15-8-5-4-6-9-15/h7,10-11,13,15,21H,2-6,8-9,12,14H2,1H3,(H,20,24)(H,22,23). The van der Waals surface area contributed by atoms with Gasteiger partial charge in [-0.3, -0.25) is 9.59 Å². The lowest BCUT2D eigenvalue weighted by atomic mass is 9.89. The highest BCUT2D eigenvalue weighted by atomic mass is 32.2. The van der Waals surface area contributed by atoms with Gasteiger partial charge in [-0.05, 0) is 37.5 Å². The quantitative estimate of drug-likeness (QED) is 0.559. The van der Waals surface area contributed by atoms with Crippen molar-refractivity contribution in [3.05, 3.63) is 24.3 Å². The highest BCUT2D eigenvalue weighted by molar-refractivity contribution is 7.89. The van der Waals surface area contributed by atoms with Crippen molar-refractivity contribution in [3.8, 4) is 0 Å². The maximum absolute atomic E-state index is 12.3. The minimum Gasteiger partial charge on any atom is -0.347 e. The summed E-state index contributed by atoms with van der Waals surface area (Å²) in [5.41, 5.74) is 0.380. The molecule has 7 nitrogen and oxygen atoms in total. The van der Waals surface area contributed by atoms with Crippen LogP contribution in [-0.2, 0) is 19.6 Å². The van der Waals surface area contributed by atoms with Crippen molar-refractivity contribution in [2.24, 2.45) is 5.92 Å². The lowest BCUT2D eigenvalue weighted by Crippen LogP contribution is -2.37. The van der Waals surface area contributed by atoms with E-state index in [4.69, 9.17) is 0 Å². The summed E-state index contributed by atoms with van der Waals surface area (Å²) < 4.78 is 27.0. The Kier molecular flexibility index (Phi) is 8.24. The Bertz CT molecular complexity index is 743. The molecule has 2 rings (SSSR count). The summed E-state index contributed by atoms with van der Waals surface area (Å²) in [4.78, 5) is 24.3. The Labute approximate surface area is 161 Å². The predicted molar refractivity (Wildman–Crippen MR) is 105 cm³/mol. The number of amides is 2. The van der Waals surface area contributed by atoms with Crippen molar-refractivity contribution in [3.63, 3.8) is 0 Å². The van der Waals surface area contributed by atoms with Gasteiger partial charge in [-0.1, -0.05) is 38.7 Å². The van der Waals surface area contributed by atoms with Gasteiger partial charge in [-0.2, -0.15) is 0 Å². The van der Waals surface area contributed by atoms with E-state index in [2.05, 4.69) is 15.4 Å². The lowest BCUT2D eigenvalue weighted by molar-refractivity contribution is -0.128. The minimum absolute atomic E-state index is 0.00536. The molecule has 1 aliphatic rings. The fraction of sp³-hybridized carbons (Fsp3) is 0.579. The van der Waals surface area contributed by atoms with Crippen molar-refractivity contribution in [1.29, 1.82) is 0 Å². The summed E-state index contributed by atoms with van der Waals surface area (Å²) in [6.45, 7) is 2.24. The van der Waals surface area contributed by atoms with E-state index in [1.807, 2.05) is 6.92 Å². The summed E-state index contributed by atoms with van der Waals surface area (Å²) in [5.74, 6) is -0.469. The third kappa shape index (κ3) is 6.95. The van der Waals surface area contributed by atoms with Gasteiger partial charge >= 0.3 is 0 Å². The van der Waals surface area contributed by atoms with Gasteiger partial charge in [0.05, 0.1) is 11.4 Å². The van der Waals surface area contributed by atoms with Crippen LogP contribution in [0.2, 0.25) is 0 Å². The van der Waals surface area contributed by atoms with Crippen LogP contribution < -0.4 is 15.4 Å². The van der Waals surface area contributed by atoms with E-state index in [1.54, 1.807) is 12.1 Å². The molecule has 0 saturated heterocycles. The predicted octanol–water partition coefficient (Wildman–Crippen LogP) is 2.40. The van der Waals surface area contributed by atoms with E-state index in [-0.39, 0.29) is 29.2 Å². The first kappa shape index (κ1) is 21.4. The second-order valence-electron chi connectivity index (χ2n) is 6.88. The lowest BCUT2D eigenvalue weighted by Gasteiger charge is -2.20. The smallest absolute Gasteiger partial charge is 0.243 e. The summed E-state index contributed by atoms with van der Waals surface area (Å²) in [6.07, 6.45) is 6.67. The number of rotatable bonds is 9. The number of sulfonamides is 1. The molecule has 1 saturated carbocycles. The molecule has 1 aromatic rings. The first-order chi connectivity index (χ1) is 12.9. The Morgan fingerprint density at radius 3 is 2.59 bits per heavy atom. The maximum Gasteiger partial charge on any atom is 0.243 e. The van der Waals surface area contributed by atoms with E-state index in [0.717, 1.165) is 44.9 Å². The maximum atomic E-state index is 12.3. The van der Waals surface area contributed by atoms with Gasteiger partial charge in [0.1, 0.15) is 0 Å². The first-order valence-corrected chi connectivity index (χ1v) is 11.1. The molecule has 1 aliphatic carbocycles. The zero-order valence-corrected chi connectivity index (χ0v) is 16.6. The van der Waals surface area contributed by atoms with Gasteiger partial charge in [0.25, 0.3) is 0 Å². The van der Waals surface area contributed by atoms with E-state index < -0.39 is 10.0 Å². The highest BCUT2D eigenvalue weighted by Crippen LogP contribution is 2.23. The second-order valence-corrected chi connectivity index (χ2v) is 8.65. The Balaban J connectivity index is 1.87. The Morgan fingerprint density at radius 1 is 1.15 bits per heavy atom. The van der Waals surface area contributed by atoms with E-state index >= 15 is 0 Å². The molecule has 0 bridgehead atoms. The van der Waals surface area contributed by atoms with Crippen LogP contribution >= 0.6 is 0 Å². The molecule has 0 spiro atoms. The van der Waals surface area contributed by atoms with E-state index in [0.29, 0.717) is 12.2 Å². The second kappa shape index (κ2) is 10.4. The molecule has 0 aromatic heterocycles. The van der Waals surface area contributed by atoms with Crippen LogP contribution in [0.3, 0.4) is 0 Å².